The maximum atomic E-state index is 11.8. The third kappa shape index (κ3) is 6.36. The fourth-order valence-electron chi connectivity index (χ4n) is 2.02. The van der Waals surface area contributed by atoms with Gasteiger partial charge in [0.1, 0.15) is 5.78 Å². The van der Waals surface area contributed by atoms with E-state index < -0.39 is 6.10 Å². The molecule has 0 spiro atoms. The number of amides is 1. The van der Waals surface area contributed by atoms with Crippen LogP contribution in [0.2, 0.25) is 0 Å². The Morgan fingerprint density at radius 3 is 2.38 bits per heavy atom. The van der Waals surface area contributed by atoms with E-state index in [0.717, 1.165) is 5.56 Å². The summed E-state index contributed by atoms with van der Waals surface area (Å²) in [5.74, 6) is -0.415. The number of aliphatic hydroxyl groups is 1. The second kappa shape index (κ2) is 9.08. The highest BCUT2D eigenvalue weighted by Gasteiger charge is 2.16. The van der Waals surface area contributed by atoms with Gasteiger partial charge in [0.05, 0.1) is 12.5 Å². The van der Waals surface area contributed by atoms with Crippen molar-refractivity contribution in [2.75, 3.05) is 13.1 Å². The van der Waals surface area contributed by atoms with E-state index in [9.17, 15) is 14.7 Å². The lowest BCUT2D eigenvalue weighted by atomic mass is 10.1. The number of hydrogen-bond donors (Lipinski definition) is 1. The number of hydrogen-bond acceptors (Lipinski definition) is 3. The van der Waals surface area contributed by atoms with Crippen molar-refractivity contribution >= 4 is 17.8 Å². The fraction of sp³-hybridized carbons (Fsp3) is 0.412. The van der Waals surface area contributed by atoms with Gasteiger partial charge in [0, 0.05) is 19.5 Å². The number of carbonyl (C=O) groups is 2. The Hall–Kier alpha value is -1.94. The largest absolute Gasteiger partial charge is 0.389 e. The zero-order valence-corrected chi connectivity index (χ0v) is 12.7. The third-order valence-corrected chi connectivity index (χ3v) is 3.21. The summed E-state index contributed by atoms with van der Waals surface area (Å²) in [4.78, 5) is 25.2. The van der Waals surface area contributed by atoms with Crippen molar-refractivity contribution in [3.8, 4) is 0 Å². The molecule has 1 rings (SSSR count). The van der Waals surface area contributed by atoms with Gasteiger partial charge >= 0.3 is 0 Å². The predicted molar refractivity (Wildman–Crippen MR) is 83.7 cm³/mol. The summed E-state index contributed by atoms with van der Waals surface area (Å²) >= 11 is 0. The first-order chi connectivity index (χ1) is 10.1. The SMILES string of the molecule is CCN(CC)C(=O)CC(=O)CC(O)/C=C/c1ccccc1. The maximum absolute atomic E-state index is 11.8. The van der Waals surface area contributed by atoms with E-state index in [1.807, 2.05) is 44.2 Å². The van der Waals surface area contributed by atoms with Crippen LogP contribution >= 0.6 is 0 Å². The third-order valence-electron chi connectivity index (χ3n) is 3.21. The van der Waals surface area contributed by atoms with Crippen molar-refractivity contribution in [2.45, 2.75) is 32.8 Å². The number of carbonyl (C=O) groups excluding carboxylic acids is 2. The number of nitrogens with zero attached hydrogens (tertiary/aromatic N) is 1. The van der Waals surface area contributed by atoms with Crippen LogP contribution in [0.4, 0.5) is 0 Å². The van der Waals surface area contributed by atoms with Crippen LogP contribution in [-0.2, 0) is 9.59 Å². The molecule has 0 bridgehead atoms. The molecule has 0 saturated heterocycles. The molecule has 0 aliphatic rings. The van der Waals surface area contributed by atoms with Gasteiger partial charge in [0.2, 0.25) is 5.91 Å². The average molecular weight is 289 g/mol. The van der Waals surface area contributed by atoms with E-state index in [2.05, 4.69) is 0 Å². The summed E-state index contributed by atoms with van der Waals surface area (Å²) in [5, 5.41) is 9.81. The van der Waals surface area contributed by atoms with Crippen molar-refractivity contribution in [1.29, 1.82) is 0 Å². The topological polar surface area (TPSA) is 57.6 Å². The van der Waals surface area contributed by atoms with E-state index in [4.69, 9.17) is 0 Å². The van der Waals surface area contributed by atoms with Crippen molar-refractivity contribution in [1.82, 2.24) is 4.90 Å². The fourth-order valence-corrected chi connectivity index (χ4v) is 2.02. The first kappa shape index (κ1) is 17.1. The first-order valence-corrected chi connectivity index (χ1v) is 7.27. The Morgan fingerprint density at radius 1 is 1.19 bits per heavy atom. The van der Waals surface area contributed by atoms with Crippen molar-refractivity contribution in [2.24, 2.45) is 0 Å². The summed E-state index contributed by atoms with van der Waals surface area (Å²) in [6.07, 6.45) is 2.32. The van der Waals surface area contributed by atoms with Crippen LogP contribution in [0.1, 0.15) is 32.3 Å². The van der Waals surface area contributed by atoms with Crippen molar-refractivity contribution in [3.05, 3.63) is 42.0 Å². The minimum Gasteiger partial charge on any atom is -0.389 e. The molecule has 1 atom stereocenters. The van der Waals surface area contributed by atoms with Crippen LogP contribution < -0.4 is 0 Å². The quantitative estimate of drug-likeness (QED) is 0.747. The molecule has 114 valence electrons. The Morgan fingerprint density at radius 2 is 1.81 bits per heavy atom. The van der Waals surface area contributed by atoms with Gasteiger partial charge in [-0.2, -0.15) is 0 Å². The second-order valence-corrected chi connectivity index (χ2v) is 4.82. The molecule has 0 saturated carbocycles. The monoisotopic (exact) mass is 289 g/mol. The van der Waals surface area contributed by atoms with Crippen LogP contribution in [0.3, 0.4) is 0 Å². The number of Topliss-reactive ketones (excluding diaryl/α,β-unsaturated/α-hetero) is 1. The predicted octanol–water partition coefficient (Wildman–Crippen LogP) is 2.28. The van der Waals surface area contributed by atoms with Crippen molar-refractivity contribution in [3.63, 3.8) is 0 Å². The van der Waals surface area contributed by atoms with Gasteiger partial charge in [0.15, 0.2) is 0 Å². The molecule has 0 fully saturated rings. The minimum absolute atomic E-state index is 0.0314. The molecule has 1 unspecified atom stereocenters. The number of benzene rings is 1. The summed E-state index contributed by atoms with van der Waals surface area (Å²) in [6, 6.07) is 9.54. The Kier molecular flexibility index (Phi) is 7.40. The Balaban J connectivity index is 2.44. The molecule has 0 aliphatic carbocycles. The standard InChI is InChI=1S/C17H23NO3/c1-3-18(4-2)17(21)13-16(20)12-15(19)11-10-14-8-6-5-7-9-14/h5-11,15,19H,3-4,12-13H2,1-2H3/b11-10+. The lowest BCUT2D eigenvalue weighted by molar-refractivity contribution is -0.135. The van der Waals surface area contributed by atoms with E-state index >= 15 is 0 Å². The van der Waals surface area contributed by atoms with Gasteiger partial charge in [0.25, 0.3) is 0 Å². The normalized spacial score (nSPS) is 12.3. The van der Waals surface area contributed by atoms with Crippen LogP contribution in [-0.4, -0.2) is 40.9 Å². The van der Waals surface area contributed by atoms with E-state index in [1.165, 1.54) is 0 Å². The highest BCUT2D eigenvalue weighted by Crippen LogP contribution is 2.06. The molecular weight excluding hydrogens is 266 g/mol. The molecule has 4 heteroatoms. The lowest BCUT2D eigenvalue weighted by Gasteiger charge is -2.18. The summed E-state index contributed by atoms with van der Waals surface area (Å²) in [7, 11) is 0. The molecule has 1 aromatic carbocycles. The van der Waals surface area contributed by atoms with Gasteiger partial charge in [-0.25, -0.2) is 0 Å². The highest BCUT2D eigenvalue weighted by atomic mass is 16.3. The first-order valence-electron chi connectivity index (χ1n) is 7.27. The zero-order valence-electron chi connectivity index (χ0n) is 12.7. The van der Waals surface area contributed by atoms with Gasteiger partial charge < -0.3 is 10.0 Å². The van der Waals surface area contributed by atoms with Crippen LogP contribution in [0, 0.1) is 0 Å². The van der Waals surface area contributed by atoms with Gasteiger partial charge in [-0.15, -0.1) is 0 Å². The summed E-state index contributed by atoms with van der Waals surface area (Å²) in [6.45, 7) is 4.95. The summed E-state index contributed by atoms with van der Waals surface area (Å²) in [5.41, 5.74) is 0.961. The van der Waals surface area contributed by atoms with Crippen LogP contribution in [0.5, 0.6) is 0 Å². The van der Waals surface area contributed by atoms with E-state index in [0.29, 0.717) is 13.1 Å². The Bertz CT molecular complexity index is 478. The molecule has 0 aromatic heterocycles. The molecule has 0 heterocycles. The zero-order chi connectivity index (χ0) is 15.7. The van der Waals surface area contributed by atoms with Crippen LogP contribution in [0.15, 0.2) is 36.4 Å². The molecule has 0 aliphatic heterocycles. The van der Waals surface area contributed by atoms with Gasteiger partial charge in [-0.1, -0.05) is 42.5 Å². The summed E-state index contributed by atoms with van der Waals surface area (Å²) < 4.78 is 0. The van der Waals surface area contributed by atoms with Crippen LogP contribution in [0.25, 0.3) is 6.08 Å². The number of rotatable bonds is 8. The van der Waals surface area contributed by atoms with E-state index in [-0.39, 0.29) is 24.5 Å². The number of aliphatic hydroxyl groups excluding tert-OH is 1. The molecule has 1 N–H and O–H groups in total. The molecule has 0 radical (unpaired) electrons. The molecule has 1 amide bonds. The Labute approximate surface area is 126 Å². The molecule has 21 heavy (non-hydrogen) atoms. The van der Waals surface area contributed by atoms with E-state index in [1.54, 1.807) is 17.1 Å². The number of ketones is 1. The highest BCUT2D eigenvalue weighted by molar-refractivity contribution is 5.98. The van der Waals surface area contributed by atoms with Gasteiger partial charge in [-0.3, -0.25) is 9.59 Å². The smallest absolute Gasteiger partial charge is 0.229 e. The molecular formula is C17H23NO3. The second-order valence-electron chi connectivity index (χ2n) is 4.82. The lowest BCUT2D eigenvalue weighted by Crippen LogP contribution is -2.32. The minimum atomic E-state index is -0.859. The van der Waals surface area contributed by atoms with Crippen molar-refractivity contribution < 1.29 is 14.7 Å². The maximum Gasteiger partial charge on any atom is 0.229 e. The molecule has 1 aromatic rings. The van der Waals surface area contributed by atoms with Gasteiger partial charge in [-0.05, 0) is 19.4 Å². The average Bonchev–Trinajstić information content (AvgIpc) is 2.47. The molecule has 4 nitrogen and oxygen atoms in total.